The van der Waals surface area contributed by atoms with Crippen molar-refractivity contribution in [2.75, 3.05) is 18.5 Å². The Labute approximate surface area is 192 Å². The van der Waals surface area contributed by atoms with Crippen LogP contribution in [-0.2, 0) is 15.6 Å². The molecule has 0 unspecified atom stereocenters. The first-order chi connectivity index (χ1) is 15.1. The fourth-order valence-corrected chi connectivity index (χ4v) is 5.18. The summed E-state index contributed by atoms with van der Waals surface area (Å²) in [6.07, 6.45) is 6.59. The first-order valence-corrected chi connectivity index (χ1v) is 11.6. The van der Waals surface area contributed by atoms with Crippen molar-refractivity contribution in [1.82, 2.24) is 0 Å². The molecule has 3 heteroatoms. The molecule has 2 aliphatic rings. The molecule has 0 radical (unpaired) electrons. The second kappa shape index (κ2) is 7.88. The molecule has 0 aliphatic carbocycles. The van der Waals surface area contributed by atoms with E-state index in [9.17, 15) is 4.79 Å². The zero-order valence-corrected chi connectivity index (χ0v) is 20.4. The van der Waals surface area contributed by atoms with Crippen LogP contribution >= 0.6 is 0 Å². The van der Waals surface area contributed by atoms with Crippen molar-refractivity contribution >= 4 is 22.9 Å². The van der Waals surface area contributed by atoms with Gasteiger partial charge in [-0.3, -0.25) is 4.79 Å². The highest BCUT2D eigenvalue weighted by Crippen LogP contribution is 2.47. The molecule has 0 N–H and O–H groups in total. The molecule has 0 fully saturated rings. The zero-order valence-electron chi connectivity index (χ0n) is 20.4. The first-order valence-electron chi connectivity index (χ1n) is 11.6. The van der Waals surface area contributed by atoms with E-state index in [2.05, 4.69) is 111 Å². The standard InChI is InChI=1S/C29H35N2O/c1-20(2)25(32)19-31-24-16-11-9-14-22(24)29(5,6)27(31)18-12-17-26-28(3,4)21-13-8-10-15-23(21)30(26)7/h8-18,20H,19H2,1-7H3/q+1. The molecular formula is C29H35N2O+. The van der Waals surface area contributed by atoms with Gasteiger partial charge in [0.2, 0.25) is 5.69 Å². The lowest BCUT2D eigenvalue weighted by atomic mass is 9.81. The number of benzene rings is 2. The van der Waals surface area contributed by atoms with E-state index in [1.165, 1.54) is 28.2 Å². The van der Waals surface area contributed by atoms with E-state index in [0.717, 1.165) is 5.69 Å². The Morgan fingerprint density at radius 2 is 1.59 bits per heavy atom. The number of carbonyl (C=O) groups excluding carboxylic acids is 1. The SMILES string of the molecule is CC(C)C(=O)CN1/C(=C\C=C\C2=[N+](C)c3ccccc3C2(C)C)C(C)(C)c2ccccc21. The highest BCUT2D eigenvalue weighted by Gasteiger charge is 2.43. The largest absolute Gasteiger partial charge is 0.337 e. The van der Waals surface area contributed by atoms with Gasteiger partial charge >= 0.3 is 0 Å². The van der Waals surface area contributed by atoms with Crippen molar-refractivity contribution in [2.45, 2.75) is 52.4 Å². The number of hydrogen-bond acceptors (Lipinski definition) is 2. The number of rotatable bonds is 5. The Balaban J connectivity index is 1.73. The van der Waals surface area contributed by atoms with Crippen molar-refractivity contribution < 1.29 is 9.37 Å². The number of carbonyl (C=O) groups is 1. The van der Waals surface area contributed by atoms with Gasteiger partial charge in [-0.05, 0) is 31.6 Å². The van der Waals surface area contributed by atoms with Crippen LogP contribution in [0.25, 0.3) is 0 Å². The third-order valence-corrected chi connectivity index (χ3v) is 7.21. The van der Waals surface area contributed by atoms with Gasteiger partial charge in [0, 0.05) is 40.4 Å². The molecule has 0 atom stereocenters. The summed E-state index contributed by atoms with van der Waals surface area (Å²) >= 11 is 0. The van der Waals surface area contributed by atoms with Gasteiger partial charge in [0.05, 0.1) is 12.0 Å². The Morgan fingerprint density at radius 3 is 2.25 bits per heavy atom. The lowest BCUT2D eigenvalue weighted by Crippen LogP contribution is -2.32. The Kier molecular flexibility index (Phi) is 5.48. The first kappa shape index (κ1) is 22.3. The van der Waals surface area contributed by atoms with Crippen LogP contribution in [0.5, 0.6) is 0 Å². The second-order valence-electron chi connectivity index (χ2n) is 10.3. The van der Waals surface area contributed by atoms with Crippen LogP contribution in [0.1, 0.15) is 52.7 Å². The molecule has 166 valence electrons. The third kappa shape index (κ3) is 3.44. The van der Waals surface area contributed by atoms with Gasteiger partial charge in [0.25, 0.3) is 0 Å². The number of para-hydroxylation sites is 2. The van der Waals surface area contributed by atoms with Crippen LogP contribution in [0.4, 0.5) is 11.4 Å². The van der Waals surface area contributed by atoms with Gasteiger partial charge in [-0.2, -0.15) is 4.58 Å². The average molecular weight is 428 g/mol. The van der Waals surface area contributed by atoms with Crippen LogP contribution in [0.15, 0.2) is 72.5 Å². The summed E-state index contributed by atoms with van der Waals surface area (Å²) in [5, 5.41) is 0. The molecule has 2 aromatic rings. The maximum atomic E-state index is 12.7. The number of nitrogens with zero attached hydrogens (tertiary/aromatic N) is 2. The van der Waals surface area contributed by atoms with E-state index in [1.54, 1.807) is 0 Å². The number of anilines is 1. The Morgan fingerprint density at radius 1 is 0.969 bits per heavy atom. The van der Waals surface area contributed by atoms with E-state index >= 15 is 0 Å². The summed E-state index contributed by atoms with van der Waals surface area (Å²) in [6, 6.07) is 17.1. The fraction of sp³-hybridized carbons (Fsp3) is 0.379. The number of ketones is 1. The molecule has 3 nitrogen and oxygen atoms in total. The molecule has 0 saturated carbocycles. The van der Waals surface area contributed by atoms with Crippen molar-refractivity contribution in [2.24, 2.45) is 5.92 Å². The smallest absolute Gasteiger partial charge is 0.209 e. The highest BCUT2D eigenvalue weighted by atomic mass is 16.1. The van der Waals surface area contributed by atoms with E-state index in [-0.39, 0.29) is 22.5 Å². The molecule has 4 rings (SSSR count). The number of fused-ring (bicyclic) bond motifs is 2. The summed E-state index contributed by atoms with van der Waals surface area (Å²) in [7, 11) is 2.14. The van der Waals surface area contributed by atoms with Crippen LogP contribution in [0, 0.1) is 5.92 Å². The average Bonchev–Trinajstić information content (AvgIpc) is 3.08. The molecule has 0 saturated heterocycles. The van der Waals surface area contributed by atoms with E-state index in [1.807, 2.05) is 13.8 Å². The van der Waals surface area contributed by atoms with Crippen molar-refractivity contribution in [3.8, 4) is 0 Å². The molecule has 2 aliphatic heterocycles. The Bertz CT molecular complexity index is 1160. The summed E-state index contributed by atoms with van der Waals surface area (Å²) in [5.74, 6) is 0.276. The third-order valence-electron chi connectivity index (χ3n) is 7.21. The lowest BCUT2D eigenvalue weighted by Gasteiger charge is -2.27. The van der Waals surface area contributed by atoms with Crippen molar-refractivity contribution in [1.29, 1.82) is 0 Å². The zero-order chi connectivity index (χ0) is 23.3. The minimum absolute atomic E-state index is 0.0182. The molecule has 0 aromatic heterocycles. The minimum atomic E-state index is -0.164. The van der Waals surface area contributed by atoms with Gasteiger partial charge < -0.3 is 4.90 Å². The predicted octanol–water partition coefficient (Wildman–Crippen LogP) is 6.16. The van der Waals surface area contributed by atoms with Gasteiger partial charge in [0.1, 0.15) is 7.05 Å². The summed E-state index contributed by atoms with van der Waals surface area (Å²) in [5.41, 5.74) is 7.26. The Hall–Kier alpha value is -2.94. The van der Waals surface area contributed by atoms with Crippen molar-refractivity contribution in [3.05, 3.63) is 83.6 Å². The molecule has 0 spiro atoms. The maximum Gasteiger partial charge on any atom is 0.209 e. The number of allylic oxidation sites excluding steroid dienone is 4. The predicted molar refractivity (Wildman–Crippen MR) is 134 cm³/mol. The fourth-order valence-electron chi connectivity index (χ4n) is 5.18. The maximum absolute atomic E-state index is 12.7. The van der Waals surface area contributed by atoms with Gasteiger partial charge in [0.15, 0.2) is 11.5 Å². The van der Waals surface area contributed by atoms with E-state index in [4.69, 9.17) is 0 Å². The van der Waals surface area contributed by atoms with E-state index < -0.39 is 0 Å². The van der Waals surface area contributed by atoms with Crippen molar-refractivity contribution in [3.63, 3.8) is 0 Å². The molecule has 2 heterocycles. The second-order valence-corrected chi connectivity index (χ2v) is 10.3. The van der Waals surface area contributed by atoms with Gasteiger partial charge in [-0.15, -0.1) is 0 Å². The summed E-state index contributed by atoms with van der Waals surface area (Å²) in [6.45, 7) is 13.4. The number of Topliss-reactive ketones (excluding diaryl/α,β-unsaturated/α-hetero) is 1. The van der Waals surface area contributed by atoms with Gasteiger partial charge in [-0.1, -0.05) is 70.2 Å². The molecule has 2 aromatic carbocycles. The normalized spacial score (nSPS) is 19.9. The lowest BCUT2D eigenvalue weighted by molar-refractivity contribution is -0.401. The monoisotopic (exact) mass is 427 g/mol. The number of hydrogen-bond donors (Lipinski definition) is 0. The summed E-state index contributed by atoms with van der Waals surface area (Å²) < 4.78 is 2.29. The van der Waals surface area contributed by atoms with Gasteiger partial charge in [-0.25, -0.2) is 0 Å². The quantitative estimate of drug-likeness (QED) is 0.534. The van der Waals surface area contributed by atoms with Crippen LogP contribution < -0.4 is 4.90 Å². The minimum Gasteiger partial charge on any atom is -0.337 e. The molecule has 0 amide bonds. The molecule has 32 heavy (non-hydrogen) atoms. The highest BCUT2D eigenvalue weighted by molar-refractivity contribution is 6.03. The molecular weight excluding hydrogens is 392 g/mol. The summed E-state index contributed by atoms with van der Waals surface area (Å²) in [4.78, 5) is 14.9. The van der Waals surface area contributed by atoms with Crippen LogP contribution in [-0.4, -0.2) is 29.7 Å². The van der Waals surface area contributed by atoms with Crippen LogP contribution in [0.3, 0.4) is 0 Å². The van der Waals surface area contributed by atoms with Crippen LogP contribution in [0.2, 0.25) is 0 Å². The molecule has 0 bridgehead atoms. The van der Waals surface area contributed by atoms with E-state index in [0.29, 0.717) is 6.54 Å². The topological polar surface area (TPSA) is 23.3 Å².